The second-order valence-corrected chi connectivity index (χ2v) is 4.14. The van der Waals surface area contributed by atoms with Crippen LogP contribution in [0.4, 0.5) is 8.78 Å². The number of aromatic carboxylic acids is 1. The summed E-state index contributed by atoms with van der Waals surface area (Å²) in [5.41, 5.74) is -0.965. The first-order valence-electron chi connectivity index (χ1n) is 3.31. The molecule has 3 nitrogen and oxygen atoms in total. The van der Waals surface area contributed by atoms with Gasteiger partial charge in [-0.2, -0.15) is 0 Å². The average molecular weight is 378 g/mol. The molecule has 0 aromatic carbocycles. The molecular formula is C7H3BrF2INO2. The van der Waals surface area contributed by atoms with Gasteiger partial charge in [0.25, 0.3) is 6.43 Å². The van der Waals surface area contributed by atoms with Crippen molar-refractivity contribution in [3.05, 3.63) is 25.5 Å². The van der Waals surface area contributed by atoms with Gasteiger partial charge >= 0.3 is 5.97 Å². The summed E-state index contributed by atoms with van der Waals surface area (Å²) < 4.78 is 25.1. The van der Waals surface area contributed by atoms with E-state index < -0.39 is 23.5 Å². The molecule has 0 bridgehead atoms. The number of carboxylic acids is 1. The van der Waals surface area contributed by atoms with Crippen molar-refractivity contribution in [1.82, 2.24) is 4.98 Å². The highest BCUT2D eigenvalue weighted by atomic mass is 127. The van der Waals surface area contributed by atoms with E-state index in [1.54, 1.807) is 22.6 Å². The molecule has 0 unspecified atom stereocenters. The maximum atomic E-state index is 12.4. The molecule has 0 aliphatic carbocycles. The number of hydrogen-bond donors (Lipinski definition) is 1. The van der Waals surface area contributed by atoms with Gasteiger partial charge in [-0.3, -0.25) is 0 Å². The monoisotopic (exact) mass is 377 g/mol. The largest absolute Gasteiger partial charge is 0.478 e. The van der Waals surface area contributed by atoms with Crippen molar-refractivity contribution in [2.45, 2.75) is 6.43 Å². The Bertz CT molecular complexity index is 386. The molecule has 1 heterocycles. The third kappa shape index (κ3) is 2.38. The van der Waals surface area contributed by atoms with Gasteiger partial charge in [0.2, 0.25) is 0 Å². The lowest BCUT2D eigenvalue weighted by molar-refractivity contribution is 0.0682. The maximum absolute atomic E-state index is 12.4. The number of carbonyl (C=O) groups is 1. The van der Waals surface area contributed by atoms with Crippen LogP contribution in [0.3, 0.4) is 0 Å². The van der Waals surface area contributed by atoms with Crippen molar-refractivity contribution in [2.75, 3.05) is 0 Å². The van der Waals surface area contributed by atoms with E-state index in [1.807, 2.05) is 0 Å². The average Bonchev–Trinajstić information content (AvgIpc) is 2.01. The number of rotatable bonds is 2. The topological polar surface area (TPSA) is 50.2 Å². The quantitative estimate of drug-likeness (QED) is 0.636. The number of carboxylic acid groups (broad SMARTS) is 1. The predicted octanol–water partition coefficient (Wildman–Crippen LogP) is 3.08. The first-order valence-corrected chi connectivity index (χ1v) is 5.18. The van der Waals surface area contributed by atoms with Gasteiger partial charge in [-0.15, -0.1) is 0 Å². The second kappa shape index (κ2) is 4.47. The molecule has 0 amide bonds. The zero-order chi connectivity index (χ0) is 10.9. The number of alkyl halides is 2. The van der Waals surface area contributed by atoms with Crippen molar-refractivity contribution in [3.63, 3.8) is 0 Å². The fraction of sp³-hybridized carbons (Fsp3) is 0.143. The first-order chi connectivity index (χ1) is 6.43. The van der Waals surface area contributed by atoms with Crippen molar-refractivity contribution in [2.24, 2.45) is 0 Å². The van der Waals surface area contributed by atoms with Crippen molar-refractivity contribution < 1.29 is 18.7 Å². The molecule has 1 aromatic heterocycles. The maximum Gasteiger partial charge on any atom is 0.338 e. The molecule has 0 aliphatic heterocycles. The Balaban J connectivity index is 3.44. The van der Waals surface area contributed by atoms with Crippen molar-refractivity contribution in [3.8, 4) is 0 Å². The lowest BCUT2D eigenvalue weighted by atomic mass is 10.1. The molecule has 0 atom stereocenters. The molecule has 0 spiro atoms. The molecule has 0 fully saturated rings. The Hall–Kier alpha value is -0.310. The number of hydrogen-bond acceptors (Lipinski definition) is 2. The molecule has 0 radical (unpaired) electrons. The van der Waals surface area contributed by atoms with Crippen LogP contribution in [0.2, 0.25) is 0 Å². The van der Waals surface area contributed by atoms with E-state index in [-0.39, 0.29) is 8.30 Å². The van der Waals surface area contributed by atoms with Gasteiger partial charge in [0.1, 0.15) is 13.9 Å². The van der Waals surface area contributed by atoms with E-state index in [2.05, 4.69) is 20.9 Å². The standard InChI is InChI=1S/C7H3BrF2INO2/c8-3-1-2(5(9)10)4(7(13)14)6(11)12-3/h1,5H,(H,13,14). The summed E-state index contributed by atoms with van der Waals surface area (Å²) in [6.45, 7) is 0. The first kappa shape index (κ1) is 11.8. The van der Waals surface area contributed by atoms with Gasteiger partial charge in [0, 0.05) is 5.56 Å². The molecule has 1 rings (SSSR count). The minimum Gasteiger partial charge on any atom is -0.478 e. The van der Waals surface area contributed by atoms with Gasteiger partial charge in [0.15, 0.2) is 0 Å². The van der Waals surface area contributed by atoms with Crippen LogP contribution in [0, 0.1) is 3.70 Å². The summed E-state index contributed by atoms with van der Waals surface area (Å²) in [4.78, 5) is 14.4. The molecule has 14 heavy (non-hydrogen) atoms. The summed E-state index contributed by atoms with van der Waals surface area (Å²) in [6, 6.07) is 1.01. The van der Waals surface area contributed by atoms with Gasteiger partial charge in [-0.1, -0.05) is 0 Å². The van der Waals surface area contributed by atoms with E-state index in [0.29, 0.717) is 0 Å². The van der Waals surface area contributed by atoms with Crippen LogP contribution in [0.15, 0.2) is 10.7 Å². The smallest absolute Gasteiger partial charge is 0.338 e. The predicted molar refractivity (Wildman–Crippen MR) is 56.6 cm³/mol. The fourth-order valence-corrected chi connectivity index (χ4v) is 2.44. The Kier molecular flexibility index (Phi) is 3.76. The van der Waals surface area contributed by atoms with Crippen LogP contribution < -0.4 is 0 Å². The lowest BCUT2D eigenvalue weighted by Gasteiger charge is -2.06. The minimum atomic E-state index is -2.83. The summed E-state index contributed by atoms with van der Waals surface area (Å²) in [7, 11) is 0. The fourth-order valence-electron chi connectivity index (χ4n) is 0.885. The van der Waals surface area contributed by atoms with E-state index in [0.717, 1.165) is 6.07 Å². The van der Waals surface area contributed by atoms with Crippen molar-refractivity contribution in [1.29, 1.82) is 0 Å². The molecule has 0 aliphatic rings. The molecule has 7 heteroatoms. The number of halogens is 4. The molecule has 1 aromatic rings. The summed E-state index contributed by atoms with van der Waals surface area (Å²) in [5, 5.41) is 8.69. The van der Waals surface area contributed by atoms with E-state index >= 15 is 0 Å². The van der Waals surface area contributed by atoms with Gasteiger partial charge in [-0.25, -0.2) is 18.6 Å². The zero-order valence-corrected chi connectivity index (χ0v) is 10.2. The Morgan fingerprint density at radius 3 is 2.64 bits per heavy atom. The highest BCUT2D eigenvalue weighted by Crippen LogP contribution is 2.28. The van der Waals surface area contributed by atoms with E-state index in [9.17, 15) is 13.6 Å². The number of aromatic nitrogens is 1. The van der Waals surface area contributed by atoms with Crippen LogP contribution in [-0.2, 0) is 0 Å². The summed E-state index contributed by atoms with van der Waals surface area (Å²) >= 11 is 4.53. The summed E-state index contributed by atoms with van der Waals surface area (Å²) in [6.07, 6.45) is -2.83. The number of nitrogens with zero attached hydrogens (tertiary/aromatic N) is 1. The zero-order valence-electron chi connectivity index (χ0n) is 6.47. The lowest BCUT2D eigenvalue weighted by Crippen LogP contribution is -2.07. The SMILES string of the molecule is O=C(O)c1c(C(F)F)cc(Br)nc1I. The van der Waals surface area contributed by atoms with Gasteiger partial charge < -0.3 is 5.11 Å². The molecular weight excluding hydrogens is 375 g/mol. The normalized spacial score (nSPS) is 10.6. The minimum absolute atomic E-state index is 0.0415. The Labute approximate surface area is 99.8 Å². The van der Waals surface area contributed by atoms with Crippen LogP contribution in [0.5, 0.6) is 0 Å². The van der Waals surface area contributed by atoms with Gasteiger partial charge in [-0.05, 0) is 44.6 Å². The second-order valence-electron chi connectivity index (χ2n) is 2.31. The highest BCUT2D eigenvalue weighted by Gasteiger charge is 2.22. The molecule has 76 valence electrons. The van der Waals surface area contributed by atoms with E-state index in [4.69, 9.17) is 5.11 Å². The highest BCUT2D eigenvalue weighted by molar-refractivity contribution is 14.1. The van der Waals surface area contributed by atoms with E-state index in [1.165, 1.54) is 0 Å². The molecule has 1 N–H and O–H groups in total. The molecule has 0 saturated carbocycles. The van der Waals surface area contributed by atoms with Gasteiger partial charge in [0.05, 0.1) is 0 Å². The van der Waals surface area contributed by atoms with Crippen LogP contribution >= 0.6 is 38.5 Å². The van der Waals surface area contributed by atoms with Crippen LogP contribution in [0.25, 0.3) is 0 Å². The number of pyridine rings is 1. The third-order valence-electron chi connectivity index (χ3n) is 1.42. The molecule has 0 saturated heterocycles. The van der Waals surface area contributed by atoms with Crippen LogP contribution in [0.1, 0.15) is 22.3 Å². The Morgan fingerprint density at radius 1 is 1.64 bits per heavy atom. The summed E-state index contributed by atoms with van der Waals surface area (Å²) in [5.74, 6) is -1.40. The van der Waals surface area contributed by atoms with Crippen LogP contribution in [-0.4, -0.2) is 16.1 Å². The Morgan fingerprint density at radius 2 is 2.21 bits per heavy atom. The third-order valence-corrected chi connectivity index (χ3v) is 2.61. The van der Waals surface area contributed by atoms with Crippen molar-refractivity contribution >= 4 is 44.5 Å².